The molecule has 3 N–H and O–H groups in total. The van der Waals surface area contributed by atoms with Crippen molar-refractivity contribution in [1.29, 1.82) is 0 Å². The highest BCUT2D eigenvalue weighted by molar-refractivity contribution is 6.30. The summed E-state index contributed by atoms with van der Waals surface area (Å²) in [6.45, 7) is 0.786. The molecule has 1 unspecified atom stereocenters. The molecule has 28 heavy (non-hydrogen) atoms. The minimum atomic E-state index is -0.545. The molecule has 2 aromatic rings. The van der Waals surface area contributed by atoms with Crippen LogP contribution in [0.15, 0.2) is 53.3 Å². The van der Waals surface area contributed by atoms with Gasteiger partial charge >= 0.3 is 0 Å². The van der Waals surface area contributed by atoms with Gasteiger partial charge in [-0.25, -0.2) is 0 Å². The van der Waals surface area contributed by atoms with E-state index in [0.717, 1.165) is 5.69 Å². The summed E-state index contributed by atoms with van der Waals surface area (Å²) in [6.07, 6.45) is 5.70. The summed E-state index contributed by atoms with van der Waals surface area (Å²) >= 11 is 5.91. The largest absolute Gasteiger partial charge is 0.491 e. The monoisotopic (exact) mass is 402 g/mol. The Bertz CT molecular complexity index is 808. The van der Waals surface area contributed by atoms with Gasteiger partial charge in [0.25, 0.3) is 0 Å². The van der Waals surface area contributed by atoms with Gasteiger partial charge < -0.3 is 20.5 Å². The van der Waals surface area contributed by atoms with Crippen LogP contribution in [0.2, 0.25) is 5.02 Å². The van der Waals surface area contributed by atoms with Gasteiger partial charge in [-0.05, 0) is 61.4 Å². The van der Waals surface area contributed by atoms with Crippen molar-refractivity contribution in [1.82, 2.24) is 5.32 Å². The standard InChI is InChI=1S/C22H27ClN2O3/c23-16-6-12-21(22(27)13-7-16)25-18-8-10-20(11-9-18)28-15-19(26)14-24-17-4-2-1-3-5-17/h6-13,17,19,24,26H,1-5,14-15H2,(H,25,27). The van der Waals surface area contributed by atoms with Gasteiger partial charge in [0.2, 0.25) is 5.43 Å². The van der Waals surface area contributed by atoms with Gasteiger partial charge in [0.15, 0.2) is 0 Å². The molecule has 1 fully saturated rings. The maximum Gasteiger partial charge on any atom is 0.202 e. The highest BCUT2D eigenvalue weighted by atomic mass is 35.5. The summed E-state index contributed by atoms with van der Waals surface area (Å²) in [5.41, 5.74) is 1.08. The third-order valence-corrected chi connectivity index (χ3v) is 5.14. The zero-order valence-corrected chi connectivity index (χ0v) is 16.6. The van der Waals surface area contributed by atoms with Crippen LogP contribution < -0.4 is 20.8 Å². The lowest BCUT2D eigenvalue weighted by Crippen LogP contribution is -2.38. The van der Waals surface area contributed by atoms with Gasteiger partial charge in [-0.3, -0.25) is 4.79 Å². The average molecular weight is 403 g/mol. The SMILES string of the molecule is O=c1ccc(Cl)ccc1Nc1ccc(OCC(O)CNC2CCCCC2)cc1. The van der Waals surface area contributed by atoms with Crippen molar-refractivity contribution in [2.45, 2.75) is 44.2 Å². The van der Waals surface area contributed by atoms with Crippen LogP contribution in [0.4, 0.5) is 11.4 Å². The lowest BCUT2D eigenvalue weighted by Gasteiger charge is -2.24. The highest BCUT2D eigenvalue weighted by Gasteiger charge is 2.14. The third-order valence-electron chi connectivity index (χ3n) is 4.89. The first-order valence-corrected chi connectivity index (χ1v) is 10.2. The lowest BCUT2D eigenvalue weighted by molar-refractivity contribution is 0.102. The summed E-state index contributed by atoms with van der Waals surface area (Å²) in [7, 11) is 0. The first-order valence-electron chi connectivity index (χ1n) is 9.81. The Kier molecular flexibility index (Phi) is 7.71. The number of anilines is 2. The van der Waals surface area contributed by atoms with Crippen molar-refractivity contribution in [2.24, 2.45) is 0 Å². The fourth-order valence-corrected chi connectivity index (χ4v) is 3.43. The average Bonchev–Trinajstić information content (AvgIpc) is 2.88. The van der Waals surface area contributed by atoms with Gasteiger partial charge in [0.1, 0.15) is 18.5 Å². The second-order valence-electron chi connectivity index (χ2n) is 7.19. The van der Waals surface area contributed by atoms with Crippen molar-refractivity contribution in [2.75, 3.05) is 18.5 Å². The first kappa shape index (κ1) is 20.6. The number of hydrogen-bond donors (Lipinski definition) is 3. The molecule has 0 aliphatic heterocycles. The van der Waals surface area contributed by atoms with E-state index >= 15 is 0 Å². The number of benzene rings is 1. The highest BCUT2D eigenvalue weighted by Crippen LogP contribution is 2.19. The van der Waals surface area contributed by atoms with Crippen LogP contribution in [0.3, 0.4) is 0 Å². The fraction of sp³-hybridized carbons (Fsp3) is 0.409. The smallest absolute Gasteiger partial charge is 0.202 e. The number of aliphatic hydroxyl groups is 1. The number of rotatable bonds is 8. The number of nitrogens with one attached hydrogen (secondary N) is 2. The van der Waals surface area contributed by atoms with E-state index in [-0.39, 0.29) is 12.0 Å². The molecule has 3 rings (SSSR count). The van der Waals surface area contributed by atoms with E-state index in [1.54, 1.807) is 18.2 Å². The molecule has 0 saturated heterocycles. The molecule has 1 saturated carbocycles. The molecule has 6 heteroatoms. The van der Waals surface area contributed by atoms with Crippen LogP contribution in [0.25, 0.3) is 0 Å². The number of aliphatic hydroxyl groups excluding tert-OH is 1. The van der Waals surface area contributed by atoms with Crippen molar-refractivity contribution in [3.63, 3.8) is 0 Å². The molecule has 1 aliphatic rings. The van der Waals surface area contributed by atoms with E-state index in [1.165, 1.54) is 38.2 Å². The maximum absolute atomic E-state index is 12.0. The summed E-state index contributed by atoms with van der Waals surface area (Å²) in [5.74, 6) is 0.672. The third kappa shape index (κ3) is 6.51. The van der Waals surface area contributed by atoms with Crippen LogP contribution in [0.1, 0.15) is 32.1 Å². The molecule has 0 heterocycles. The molecule has 0 spiro atoms. The van der Waals surface area contributed by atoms with Crippen LogP contribution >= 0.6 is 11.6 Å². The molecule has 1 atom stereocenters. The van der Waals surface area contributed by atoms with Gasteiger partial charge in [-0.15, -0.1) is 0 Å². The van der Waals surface area contributed by atoms with Crippen molar-refractivity contribution in [3.05, 3.63) is 63.8 Å². The van der Waals surface area contributed by atoms with E-state index in [9.17, 15) is 9.90 Å². The van der Waals surface area contributed by atoms with Crippen LogP contribution in [-0.2, 0) is 0 Å². The van der Waals surface area contributed by atoms with Gasteiger partial charge in [0, 0.05) is 23.3 Å². The molecule has 0 amide bonds. The lowest BCUT2D eigenvalue weighted by atomic mass is 9.95. The Morgan fingerprint density at radius 3 is 2.50 bits per heavy atom. The summed E-state index contributed by atoms with van der Waals surface area (Å²) in [6, 6.07) is 14.1. The molecule has 150 valence electrons. The van der Waals surface area contributed by atoms with Crippen LogP contribution in [0.5, 0.6) is 5.75 Å². The number of halogens is 1. The Hall–Kier alpha value is -2.08. The zero-order valence-electron chi connectivity index (χ0n) is 15.9. The minimum absolute atomic E-state index is 0.138. The molecular formula is C22H27ClN2O3. The van der Waals surface area contributed by atoms with Crippen LogP contribution in [-0.4, -0.2) is 30.4 Å². The second-order valence-corrected chi connectivity index (χ2v) is 7.62. The van der Waals surface area contributed by atoms with Crippen molar-refractivity contribution < 1.29 is 9.84 Å². The minimum Gasteiger partial charge on any atom is -0.491 e. The molecule has 0 radical (unpaired) electrons. The Morgan fingerprint density at radius 2 is 1.75 bits per heavy atom. The maximum atomic E-state index is 12.0. The molecule has 1 aliphatic carbocycles. The second kappa shape index (κ2) is 10.5. The molecule has 0 bridgehead atoms. The Labute approximate surface area is 170 Å². The quantitative estimate of drug-likeness (QED) is 0.620. The fourth-order valence-electron chi connectivity index (χ4n) is 3.30. The normalized spacial score (nSPS) is 15.8. The Balaban J connectivity index is 1.46. The predicted octanol–water partition coefficient (Wildman–Crippen LogP) is 4.11. The molecule has 2 aromatic carbocycles. The number of ether oxygens (including phenoxy) is 1. The van der Waals surface area contributed by atoms with Gasteiger partial charge in [0.05, 0.1) is 5.69 Å². The number of hydrogen-bond acceptors (Lipinski definition) is 5. The van der Waals surface area contributed by atoms with Gasteiger partial charge in [-0.2, -0.15) is 0 Å². The summed E-state index contributed by atoms with van der Waals surface area (Å²) in [4.78, 5) is 12.0. The van der Waals surface area contributed by atoms with E-state index in [0.29, 0.717) is 29.0 Å². The van der Waals surface area contributed by atoms with Crippen LogP contribution in [0, 0.1) is 0 Å². The van der Waals surface area contributed by atoms with Crippen molar-refractivity contribution >= 4 is 23.0 Å². The molecular weight excluding hydrogens is 376 g/mol. The zero-order chi connectivity index (χ0) is 19.8. The molecule has 0 aromatic heterocycles. The summed E-state index contributed by atoms with van der Waals surface area (Å²) < 4.78 is 5.67. The molecule has 5 nitrogen and oxygen atoms in total. The van der Waals surface area contributed by atoms with E-state index in [1.807, 2.05) is 24.3 Å². The summed E-state index contributed by atoms with van der Waals surface area (Å²) in [5, 5.41) is 17.1. The van der Waals surface area contributed by atoms with E-state index in [2.05, 4.69) is 10.6 Å². The first-order chi connectivity index (χ1) is 13.6. The van der Waals surface area contributed by atoms with Gasteiger partial charge in [-0.1, -0.05) is 30.9 Å². The van der Waals surface area contributed by atoms with E-state index in [4.69, 9.17) is 16.3 Å². The Morgan fingerprint density at radius 1 is 1.04 bits per heavy atom. The predicted molar refractivity (Wildman–Crippen MR) is 114 cm³/mol. The topological polar surface area (TPSA) is 70.6 Å². The van der Waals surface area contributed by atoms with E-state index < -0.39 is 6.10 Å². The van der Waals surface area contributed by atoms with Crippen molar-refractivity contribution in [3.8, 4) is 5.75 Å².